The number of aryl methyl sites for hydroxylation is 2. The molecule has 0 fully saturated rings. The van der Waals surface area contributed by atoms with Crippen molar-refractivity contribution in [2.45, 2.75) is 18.7 Å². The predicted molar refractivity (Wildman–Crippen MR) is 127 cm³/mol. The quantitative estimate of drug-likeness (QED) is 0.476. The van der Waals surface area contributed by atoms with Gasteiger partial charge in [-0.1, -0.05) is 18.2 Å². The van der Waals surface area contributed by atoms with Gasteiger partial charge in [0.15, 0.2) is 11.5 Å². The van der Waals surface area contributed by atoms with Crippen LogP contribution in [0.2, 0.25) is 0 Å². The minimum atomic E-state index is -3.87. The Morgan fingerprint density at radius 3 is 2.53 bits per heavy atom. The fourth-order valence-electron chi connectivity index (χ4n) is 3.32. The number of ether oxygens (including phenoxy) is 2. The van der Waals surface area contributed by atoms with Crippen LogP contribution in [0.15, 0.2) is 65.6 Å². The van der Waals surface area contributed by atoms with Crippen molar-refractivity contribution in [3.8, 4) is 11.5 Å². The SMILES string of the molecule is Cc1cccc(NS(=O)(=O)c2ccc(C)c(NC(=O)CNC(=O)c3ccc4c(c3)OCO4)c2)c1. The molecule has 0 spiro atoms. The molecule has 3 N–H and O–H groups in total. The van der Waals surface area contributed by atoms with Crippen molar-refractivity contribution in [1.29, 1.82) is 0 Å². The molecule has 0 aromatic heterocycles. The van der Waals surface area contributed by atoms with Crippen LogP contribution in [0.4, 0.5) is 11.4 Å². The Bertz CT molecular complexity index is 1370. The molecule has 2 amide bonds. The lowest BCUT2D eigenvalue weighted by Gasteiger charge is -2.13. The lowest BCUT2D eigenvalue weighted by atomic mass is 10.2. The van der Waals surface area contributed by atoms with Crippen molar-refractivity contribution in [2.24, 2.45) is 0 Å². The summed E-state index contributed by atoms with van der Waals surface area (Å²) in [5.41, 5.74) is 2.68. The summed E-state index contributed by atoms with van der Waals surface area (Å²) in [6.07, 6.45) is 0. The number of nitrogens with one attached hydrogen (secondary N) is 3. The fourth-order valence-corrected chi connectivity index (χ4v) is 4.40. The Kier molecular flexibility index (Phi) is 6.42. The number of hydrogen-bond donors (Lipinski definition) is 3. The van der Waals surface area contributed by atoms with Crippen LogP contribution in [0.1, 0.15) is 21.5 Å². The molecule has 0 atom stereocenters. The van der Waals surface area contributed by atoms with E-state index in [9.17, 15) is 18.0 Å². The minimum absolute atomic E-state index is 0.000647. The molecular formula is C24H23N3O6S. The van der Waals surface area contributed by atoms with Gasteiger partial charge in [-0.25, -0.2) is 8.42 Å². The second-order valence-corrected chi connectivity index (χ2v) is 9.43. The van der Waals surface area contributed by atoms with E-state index in [-0.39, 0.29) is 18.2 Å². The summed E-state index contributed by atoms with van der Waals surface area (Å²) in [6, 6.07) is 16.2. The number of sulfonamides is 1. The Balaban J connectivity index is 1.40. The summed E-state index contributed by atoms with van der Waals surface area (Å²) in [4.78, 5) is 24.8. The third-order valence-corrected chi connectivity index (χ3v) is 6.49. The highest BCUT2D eigenvalue weighted by molar-refractivity contribution is 7.92. The van der Waals surface area contributed by atoms with E-state index in [1.807, 2.05) is 13.0 Å². The van der Waals surface area contributed by atoms with Crippen molar-refractivity contribution in [3.63, 3.8) is 0 Å². The van der Waals surface area contributed by atoms with Crippen molar-refractivity contribution < 1.29 is 27.5 Å². The molecule has 3 aromatic carbocycles. The molecule has 9 nitrogen and oxygen atoms in total. The molecule has 0 radical (unpaired) electrons. The number of hydrogen-bond acceptors (Lipinski definition) is 6. The molecule has 1 aliphatic heterocycles. The molecule has 0 aliphatic carbocycles. The fraction of sp³-hybridized carbons (Fsp3) is 0.167. The van der Waals surface area contributed by atoms with E-state index >= 15 is 0 Å². The standard InChI is InChI=1S/C24H23N3O6S/c1-15-4-3-5-18(10-15)27-34(30,31)19-8-6-16(2)20(12-19)26-23(28)13-25-24(29)17-7-9-21-22(11-17)33-14-32-21/h3-12,27H,13-14H2,1-2H3,(H,25,29)(H,26,28). The van der Waals surface area contributed by atoms with Crippen LogP contribution >= 0.6 is 0 Å². The number of fused-ring (bicyclic) bond motifs is 1. The number of carbonyl (C=O) groups is 2. The van der Waals surface area contributed by atoms with Gasteiger partial charge < -0.3 is 20.1 Å². The smallest absolute Gasteiger partial charge is 0.261 e. The number of amides is 2. The van der Waals surface area contributed by atoms with Crippen LogP contribution < -0.4 is 24.8 Å². The minimum Gasteiger partial charge on any atom is -0.454 e. The average molecular weight is 482 g/mol. The van der Waals surface area contributed by atoms with Crippen LogP contribution in [0, 0.1) is 13.8 Å². The van der Waals surface area contributed by atoms with Crippen molar-refractivity contribution in [1.82, 2.24) is 5.32 Å². The van der Waals surface area contributed by atoms with Gasteiger partial charge in [0.05, 0.1) is 11.4 Å². The maximum Gasteiger partial charge on any atom is 0.261 e. The van der Waals surface area contributed by atoms with E-state index in [1.54, 1.807) is 43.3 Å². The largest absolute Gasteiger partial charge is 0.454 e. The van der Waals surface area contributed by atoms with Gasteiger partial charge in [-0.2, -0.15) is 0 Å². The zero-order chi connectivity index (χ0) is 24.3. The van der Waals surface area contributed by atoms with Crippen LogP contribution in [0.25, 0.3) is 0 Å². The van der Waals surface area contributed by atoms with Crippen molar-refractivity contribution in [2.75, 3.05) is 23.4 Å². The van der Waals surface area contributed by atoms with E-state index in [2.05, 4.69) is 15.4 Å². The Morgan fingerprint density at radius 2 is 1.74 bits per heavy atom. The maximum absolute atomic E-state index is 12.8. The van der Waals surface area contributed by atoms with E-state index < -0.39 is 21.8 Å². The topological polar surface area (TPSA) is 123 Å². The van der Waals surface area contributed by atoms with Gasteiger partial charge in [-0.15, -0.1) is 0 Å². The molecule has 1 heterocycles. The normalized spacial score (nSPS) is 12.2. The summed E-state index contributed by atoms with van der Waals surface area (Å²) in [6.45, 7) is 3.40. The number of carbonyl (C=O) groups excluding carboxylic acids is 2. The van der Waals surface area contributed by atoms with Gasteiger partial charge in [0, 0.05) is 16.9 Å². The van der Waals surface area contributed by atoms with Gasteiger partial charge in [-0.05, 0) is 67.4 Å². The van der Waals surface area contributed by atoms with E-state index in [1.165, 1.54) is 18.2 Å². The number of anilines is 2. The summed E-state index contributed by atoms with van der Waals surface area (Å²) in [5, 5.41) is 5.19. The first-order valence-electron chi connectivity index (χ1n) is 10.4. The first-order valence-corrected chi connectivity index (χ1v) is 11.9. The molecular weight excluding hydrogens is 458 g/mol. The Labute approximate surface area is 197 Å². The molecule has 0 bridgehead atoms. The maximum atomic E-state index is 12.8. The van der Waals surface area contributed by atoms with E-state index in [0.717, 1.165) is 5.56 Å². The first-order chi connectivity index (χ1) is 16.2. The summed E-state index contributed by atoms with van der Waals surface area (Å²) in [5.74, 6) is 0.0590. The molecule has 0 saturated heterocycles. The van der Waals surface area contributed by atoms with Gasteiger partial charge in [0.25, 0.3) is 15.9 Å². The van der Waals surface area contributed by atoms with Crippen LogP contribution in [-0.2, 0) is 14.8 Å². The third kappa shape index (κ3) is 5.29. The zero-order valence-corrected chi connectivity index (χ0v) is 19.4. The Hall–Kier alpha value is -4.05. The molecule has 0 saturated carbocycles. The molecule has 4 rings (SSSR count). The van der Waals surface area contributed by atoms with E-state index in [0.29, 0.717) is 34.0 Å². The third-order valence-electron chi connectivity index (χ3n) is 5.11. The zero-order valence-electron chi connectivity index (χ0n) is 18.5. The lowest BCUT2D eigenvalue weighted by Crippen LogP contribution is -2.33. The van der Waals surface area contributed by atoms with Crippen molar-refractivity contribution in [3.05, 3.63) is 77.4 Å². The molecule has 34 heavy (non-hydrogen) atoms. The van der Waals surface area contributed by atoms with Crippen LogP contribution in [0.3, 0.4) is 0 Å². The van der Waals surface area contributed by atoms with Crippen molar-refractivity contribution >= 4 is 33.2 Å². The van der Waals surface area contributed by atoms with Crippen LogP contribution in [0.5, 0.6) is 11.5 Å². The van der Waals surface area contributed by atoms with Gasteiger partial charge in [0.2, 0.25) is 12.7 Å². The number of rotatable bonds is 7. The number of benzene rings is 3. The van der Waals surface area contributed by atoms with Crippen LogP contribution in [-0.4, -0.2) is 33.6 Å². The summed E-state index contributed by atoms with van der Waals surface area (Å²) in [7, 11) is -3.87. The lowest BCUT2D eigenvalue weighted by molar-refractivity contribution is -0.115. The first kappa shape index (κ1) is 23.1. The molecule has 0 unspecified atom stereocenters. The summed E-state index contributed by atoms with van der Waals surface area (Å²) < 4.78 is 38.6. The molecule has 176 valence electrons. The second-order valence-electron chi connectivity index (χ2n) is 7.75. The average Bonchev–Trinajstić information content (AvgIpc) is 3.26. The summed E-state index contributed by atoms with van der Waals surface area (Å²) >= 11 is 0. The van der Waals surface area contributed by atoms with E-state index in [4.69, 9.17) is 9.47 Å². The van der Waals surface area contributed by atoms with Gasteiger partial charge >= 0.3 is 0 Å². The van der Waals surface area contributed by atoms with Gasteiger partial charge in [-0.3, -0.25) is 14.3 Å². The van der Waals surface area contributed by atoms with Gasteiger partial charge in [0.1, 0.15) is 0 Å². The molecule has 10 heteroatoms. The highest BCUT2D eigenvalue weighted by Gasteiger charge is 2.18. The second kappa shape index (κ2) is 9.44. The highest BCUT2D eigenvalue weighted by atomic mass is 32.2. The molecule has 1 aliphatic rings. The Morgan fingerprint density at radius 1 is 0.941 bits per heavy atom. The highest BCUT2D eigenvalue weighted by Crippen LogP contribution is 2.32. The predicted octanol–water partition coefficient (Wildman–Crippen LogP) is 3.20. The molecule has 3 aromatic rings. The monoisotopic (exact) mass is 481 g/mol.